The second-order valence-corrected chi connectivity index (χ2v) is 4.77. The zero-order valence-corrected chi connectivity index (χ0v) is 10.0. The van der Waals surface area contributed by atoms with E-state index in [9.17, 15) is 0 Å². The first-order valence-corrected chi connectivity index (χ1v) is 6.52. The Morgan fingerprint density at radius 3 is 3.06 bits per heavy atom. The molecule has 0 saturated carbocycles. The van der Waals surface area contributed by atoms with Crippen LogP contribution in [0.5, 0.6) is 0 Å². The highest BCUT2D eigenvalue weighted by molar-refractivity contribution is 5.82. The van der Waals surface area contributed by atoms with Crippen molar-refractivity contribution in [1.82, 2.24) is 10.3 Å². The van der Waals surface area contributed by atoms with Crippen molar-refractivity contribution < 1.29 is 0 Å². The minimum Gasteiger partial charge on any atom is -0.310 e. The third kappa shape index (κ3) is 2.18. The molecule has 1 aromatic heterocycles. The molecule has 88 valence electrons. The van der Waals surface area contributed by atoms with E-state index in [1.165, 1.54) is 36.6 Å². The van der Waals surface area contributed by atoms with Crippen LogP contribution in [0.1, 0.15) is 37.3 Å². The summed E-state index contributed by atoms with van der Waals surface area (Å²) in [5, 5.41) is 4.96. The highest BCUT2D eigenvalue weighted by Crippen LogP contribution is 2.28. The summed E-state index contributed by atoms with van der Waals surface area (Å²) in [4.78, 5) is 4.43. The van der Waals surface area contributed by atoms with Gasteiger partial charge in [0.1, 0.15) is 0 Å². The molecule has 1 fully saturated rings. The number of hydrogen-bond donors (Lipinski definition) is 1. The molecule has 1 aliphatic heterocycles. The van der Waals surface area contributed by atoms with Crippen LogP contribution in [0.25, 0.3) is 10.9 Å². The van der Waals surface area contributed by atoms with E-state index in [2.05, 4.69) is 34.6 Å². The monoisotopic (exact) mass is 226 g/mol. The second-order valence-electron chi connectivity index (χ2n) is 4.77. The lowest BCUT2D eigenvalue weighted by Crippen LogP contribution is -2.20. The summed E-state index contributed by atoms with van der Waals surface area (Å²) >= 11 is 0. The molecule has 0 bridgehead atoms. The Labute approximate surface area is 102 Å². The van der Waals surface area contributed by atoms with Crippen LogP contribution in [0.3, 0.4) is 0 Å². The molecular weight excluding hydrogens is 208 g/mol. The molecule has 0 radical (unpaired) electrons. The zero-order valence-electron chi connectivity index (χ0n) is 10.0. The Kier molecular flexibility index (Phi) is 3.06. The van der Waals surface area contributed by atoms with Crippen LogP contribution in [-0.4, -0.2) is 11.5 Å². The topological polar surface area (TPSA) is 24.9 Å². The molecule has 0 spiro atoms. The van der Waals surface area contributed by atoms with Gasteiger partial charge in [-0.05, 0) is 37.1 Å². The first kappa shape index (κ1) is 10.7. The number of hydrogen-bond acceptors (Lipinski definition) is 2. The SMILES string of the molecule is c1cc(C2CCCCCN2)c2cccnc2c1. The van der Waals surface area contributed by atoms with E-state index >= 15 is 0 Å². The van der Waals surface area contributed by atoms with Crippen molar-refractivity contribution in [3.8, 4) is 0 Å². The van der Waals surface area contributed by atoms with Crippen molar-refractivity contribution in [2.75, 3.05) is 6.54 Å². The molecule has 1 atom stereocenters. The van der Waals surface area contributed by atoms with E-state index < -0.39 is 0 Å². The smallest absolute Gasteiger partial charge is 0.0705 e. The van der Waals surface area contributed by atoms with Crippen LogP contribution in [0, 0.1) is 0 Å². The number of benzene rings is 1. The lowest BCUT2D eigenvalue weighted by molar-refractivity contribution is 0.538. The predicted octanol–water partition coefficient (Wildman–Crippen LogP) is 3.44. The summed E-state index contributed by atoms with van der Waals surface area (Å²) in [7, 11) is 0. The second kappa shape index (κ2) is 4.84. The van der Waals surface area contributed by atoms with E-state index in [0.29, 0.717) is 6.04 Å². The van der Waals surface area contributed by atoms with Crippen LogP contribution < -0.4 is 5.32 Å². The minimum absolute atomic E-state index is 0.505. The van der Waals surface area contributed by atoms with Crippen molar-refractivity contribution in [2.45, 2.75) is 31.7 Å². The van der Waals surface area contributed by atoms with Gasteiger partial charge in [0.2, 0.25) is 0 Å². The normalized spacial score (nSPS) is 21.3. The molecule has 0 amide bonds. The number of pyridine rings is 1. The molecule has 17 heavy (non-hydrogen) atoms. The van der Waals surface area contributed by atoms with Gasteiger partial charge in [-0.15, -0.1) is 0 Å². The highest BCUT2D eigenvalue weighted by atomic mass is 14.9. The third-order valence-corrected chi connectivity index (χ3v) is 3.62. The molecular formula is C15H18N2. The van der Waals surface area contributed by atoms with E-state index in [1.54, 1.807) is 0 Å². The summed E-state index contributed by atoms with van der Waals surface area (Å²) in [5.41, 5.74) is 2.52. The molecule has 2 aromatic rings. The van der Waals surface area contributed by atoms with Gasteiger partial charge in [-0.25, -0.2) is 0 Å². The van der Waals surface area contributed by atoms with Crippen LogP contribution in [0.4, 0.5) is 0 Å². The standard InChI is InChI=1S/C15H18N2/c1-2-8-14(16-10-3-1)12-6-4-9-15-13(12)7-5-11-17-15/h4-7,9,11,14,16H,1-3,8,10H2. The first-order valence-electron chi connectivity index (χ1n) is 6.52. The largest absolute Gasteiger partial charge is 0.310 e. The van der Waals surface area contributed by atoms with Crippen molar-refractivity contribution in [2.24, 2.45) is 0 Å². The molecule has 1 saturated heterocycles. The van der Waals surface area contributed by atoms with Crippen LogP contribution in [0.2, 0.25) is 0 Å². The quantitative estimate of drug-likeness (QED) is 0.805. The van der Waals surface area contributed by atoms with Gasteiger partial charge in [0.05, 0.1) is 5.52 Å². The van der Waals surface area contributed by atoms with Crippen molar-refractivity contribution in [3.05, 3.63) is 42.1 Å². The van der Waals surface area contributed by atoms with Gasteiger partial charge in [0, 0.05) is 17.6 Å². The van der Waals surface area contributed by atoms with Gasteiger partial charge < -0.3 is 5.32 Å². The fourth-order valence-corrected chi connectivity index (χ4v) is 2.73. The predicted molar refractivity (Wildman–Crippen MR) is 71.0 cm³/mol. The van der Waals surface area contributed by atoms with Gasteiger partial charge in [-0.3, -0.25) is 4.98 Å². The van der Waals surface area contributed by atoms with Crippen molar-refractivity contribution >= 4 is 10.9 Å². The maximum atomic E-state index is 4.43. The van der Waals surface area contributed by atoms with Gasteiger partial charge in [-0.2, -0.15) is 0 Å². The Morgan fingerprint density at radius 2 is 2.06 bits per heavy atom. The summed E-state index contributed by atoms with van der Waals surface area (Å²) in [6.07, 6.45) is 7.10. The maximum Gasteiger partial charge on any atom is 0.0705 e. The average molecular weight is 226 g/mol. The van der Waals surface area contributed by atoms with E-state index in [4.69, 9.17) is 0 Å². The van der Waals surface area contributed by atoms with E-state index in [0.717, 1.165) is 12.1 Å². The minimum atomic E-state index is 0.505. The van der Waals surface area contributed by atoms with E-state index in [1.807, 2.05) is 12.3 Å². The average Bonchev–Trinajstić information content (AvgIpc) is 2.67. The van der Waals surface area contributed by atoms with E-state index in [-0.39, 0.29) is 0 Å². The van der Waals surface area contributed by atoms with Gasteiger partial charge in [-0.1, -0.05) is 31.0 Å². The number of rotatable bonds is 1. The van der Waals surface area contributed by atoms with Crippen LogP contribution in [-0.2, 0) is 0 Å². The molecule has 1 aromatic carbocycles. The lowest BCUT2D eigenvalue weighted by Gasteiger charge is -2.18. The van der Waals surface area contributed by atoms with Gasteiger partial charge in [0.15, 0.2) is 0 Å². The molecule has 2 nitrogen and oxygen atoms in total. The summed E-state index contributed by atoms with van der Waals surface area (Å²) in [6, 6.07) is 11.2. The third-order valence-electron chi connectivity index (χ3n) is 3.62. The van der Waals surface area contributed by atoms with Crippen LogP contribution in [0.15, 0.2) is 36.5 Å². The molecule has 0 aliphatic carbocycles. The Hall–Kier alpha value is -1.41. The summed E-state index contributed by atoms with van der Waals surface area (Å²) in [5.74, 6) is 0. The molecule has 1 N–H and O–H groups in total. The number of nitrogens with zero attached hydrogens (tertiary/aromatic N) is 1. The Morgan fingerprint density at radius 1 is 1.06 bits per heavy atom. The highest BCUT2D eigenvalue weighted by Gasteiger charge is 2.15. The summed E-state index contributed by atoms with van der Waals surface area (Å²) < 4.78 is 0. The lowest BCUT2D eigenvalue weighted by atomic mass is 9.98. The molecule has 1 aliphatic rings. The van der Waals surface area contributed by atoms with Crippen LogP contribution >= 0.6 is 0 Å². The van der Waals surface area contributed by atoms with Crippen molar-refractivity contribution in [1.29, 1.82) is 0 Å². The molecule has 2 heterocycles. The summed E-state index contributed by atoms with van der Waals surface area (Å²) in [6.45, 7) is 1.14. The van der Waals surface area contributed by atoms with Gasteiger partial charge >= 0.3 is 0 Å². The number of nitrogens with one attached hydrogen (secondary N) is 1. The maximum absolute atomic E-state index is 4.43. The fraction of sp³-hybridized carbons (Fsp3) is 0.400. The zero-order chi connectivity index (χ0) is 11.5. The Balaban J connectivity index is 2.03. The Bertz CT molecular complexity index is 494. The number of fused-ring (bicyclic) bond motifs is 1. The fourth-order valence-electron chi connectivity index (χ4n) is 2.73. The number of aromatic nitrogens is 1. The molecule has 1 unspecified atom stereocenters. The molecule has 3 rings (SSSR count). The van der Waals surface area contributed by atoms with Gasteiger partial charge in [0.25, 0.3) is 0 Å². The van der Waals surface area contributed by atoms with Crippen molar-refractivity contribution in [3.63, 3.8) is 0 Å². The molecule has 2 heteroatoms. The first-order chi connectivity index (χ1) is 8.45.